The Kier molecular flexibility index (Phi) is 5.69. The molecule has 1 heterocycles. The van der Waals surface area contributed by atoms with E-state index < -0.39 is 22.9 Å². The zero-order chi connectivity index (χ0) is 21.3. The molecule has 0 bridgehead atoms. The van der Waals surface area contributed by atoms with E-state index in [9.17, 15) is 13.2 Å². The van der Waals surface area contributed by atoms with Crippen molar-refractivity contribution in [2.75, 3.05) is 0 Å². The minimum absolute atomic E-state index is 0.165. The summed E-state index contributed by atoms with van der Waals surface area (Å²) in [6.45, 7) is 1.99. The van der Waals surface area contributed by atoms with Crippen molar-refractivity contribution in [3.63, 3.8) is 0 Å². The zero-order valence-corrected chi connectivity index (χ0v) is 16.9. The number of benzene rings is 2. The largest absolute Gasteiger partial charge is 0.487 e. The van der Waals surface area contributed by atoms with Crippen LogP contribution in [0.1, 0.15) is 44.6 Å². The molecule has 1 unspecified atom stereocenters. The van der Waals surface area contributed by atoms with Crippen LogP contribution in [0.5, 0.6) is 5.75 Å². The van der Waals surface area contributed by atoms with Crippen LogP contribution in [0.15, 0.2) is 48.8 Å². The second kappa shape index (κ2) is 8.26. The first-order valence-electron chi connectivity index (χ1n) is 10.3. The van der Waals surface area contributed by atoms with Crippen LogP contribution < -0.4 is 10.5 Å². The highest BCUT2D eigenvalue weighted by Crippen LogP contribution is 2.44. The van der Waals surface area contributed by atoms with Crippen molar-refractivity contribution in [1.29, 1.82) is 0 Å². The molecule has 1 aromatic heterocycles. The summed E-state index contributed by atoms with van der Waals surface area (Å²) in [5.41, 5.74) is 6.74. The average molecular weight is 414 g/mol. The molecule has 0 amide bonds. The van der Waals surface area contributed by atoms with Crippen molar-refractivity contribution < 1.29 is 17.9 Å². The van der Waals surface area contributed by atoms with E-state index in [-0.39, 0.29) is 17.9 Å². The Morgan fingerprint density at radius 3 is 2.50 bits per heavy atom. The van der Waals surface area contributed by atoms with Crippen molar-refractivity contribution >= 4 is 10.8 Å². The predicted molar refractivity (Wildman–Crippen MR) is 111 cm³/mol. The van der Waals surface area contributed by atoms with Gasteiger partial charge in [0.15, 0.2) is 23.2 Å². The van der Waals surface area contributed by atoms with Gasteiger partial charge in [-0.2, -0.15) is 0 Å². The van der Waals surface area contributed by atoms with Gasteiger partial charge in [0.2, 0.25) is 0 Å². The predicted octanol–water partition coefficient (Wildman–Crippen LogP) is 5.65. The quantitative estimate of drug-likeness (QED) is 0.587. The van der Waals surface area contributed by atoms with Gasteiger partial charge < -0.3 is 10.5 Å². The number of halogens is 3. The lowest BCUT2D eigenvalue weighted by Gasteiger charge is -2.44. The Labute approximate surface area is 174 Å². The van der Waals surface area contributed by atoms with Gasteiger partial charge >= 0.3 is 0 Å². The maximum atomic E-state index is 14.5. The minimum Gasteiger partial charge on any atom is -0.487 e. The van der Waals surface area contributed by atoms with E-state index in [1.54, 1.807) is 24.5 Å². The number of aromatic nitrogens is 1. The zero-order valence-electron chi connectivity index (χ0n) is 16.9. The summed E-state index contributed by atoms with van der Waals surface area (Å²) in [6, 6.07) is 8.82. The molecule has 0 spiro atoms. The summed E-state index contributed by atoms with van der Waals surface area (Å²) < 4.78 is 47.9. The summed E-state index contributed by atoms with van der Waals surface area (Å²) in [5.74, 6) is -1.92. The third-order valence-electron chi connectivity index (χ3n) is 6.45. The SMILES string of the molecule is CCC(N)[C@]1(c2ccc(F)c(F)c2)CC[C@H](Oc2cc3ccncc3cc2F)CC1. The van der Waals surface area contributed by atoms with Crippen LogP contribution in [-0.4, -0.2) is 17.1 Å². The molecule has 3 nitrogen and oxygen atoms in total. The van der Waals surface area contributed by atoms with Gasteiger partial charge in [0, 0.05) is 29.2 Å². The molecular formula is C24H25F3N2O. The average Bonchev–Trinajstić information content (AvgIpc) is 2.76. The molecule has 1 fully saturated rings. The molecule has 1 atom stereocenters. The molecule has 1 aliphatic carbocycles. The van der Waals surface area contributed by atoms with Gasteiger partial charge in [0.05, 0.1) is 6.10 Å². The lowest BCUT2D eigenvalue weighted by atomic mass is 9.64. The molecule has 2 aromatic carbocycles. The number of nitrogens with two attached hydrogens (primary N) is 1. The van der Waals surface area contributed by atoms with Crippen molar-refractivity contribution in [2.24, 2.45) is 5.73 Å². The van der Waals surface area contributed by atoms with Gasteiger partial charge in [-0.3, -0.25) is 4.98 Å². The number of pyridine rings is 1. The van der Waals surface area contributed by atoms with Gasteiger partial charge in [-0.25, -0.2) is 13.2 Å². The van der Waals surface area contributed by atoms with E-state index in [4.69, 9.17) is 10.5 Å². The normalized spacial score (nSPS) is 22.8. The first-order chi connectivity index (χ1) is 14.4. The van der Waals surface area contributed by atoms with Crippen LogP contribution in [0.3, 0.4) is 0 Å². The van der Waals surface area contributed by atoms with E-state index >= 15 is 0 Å². The monoisotopic (exact) mass is 414 g/mol. The van der Waals surface area contributed by atoms with Crippen LogP contribution in [0.25, 0.3) is 10.8 Å². The van der Waals surface area contributed by atoms with Gasteiger partial charge in [0.25, 0.3) is 0 Å². The molecule has 2 N–H and O–H groups in total. The first kappa shape index (κ1) is 20.7. The lowest BCUT2D eigenvalue weighted by molar-refractivity contribution is 0.0998. The van der Waals surface area contributed by atoms with Crippen LogP contribution in [-0.2, 0) is 5.41 Å². The Morgan fingerprint density at radius 1 is 1.03 bits per heavy atom. The number of rotatable bonds is 5. The minimum atomic E-state index is -0.863. The topological polar surface area (TPSA) is 48.1 Å². The molecule has 4 rings (SSSR count). The highest BCUT2D eigenvalue weighted by Gasteiger charge is 2.42. The van der Waals surface area contributed by atoms with Crippen LogP contribution in [0.4, 0.5) is 13.2 Å². The number of ether oxygens (including phenoxy) is 1. The number of nitrogens with zero attached hydrogens (tertiary/aromatic N) is 1. The van der Waals surface area contributed by atoms with Crippen molar-refractivity contribution in [1.82, 2.24) is 4.98 Å². The molecule has 0 saturated heterocycles. The number of hydrogen-bond donors (Lipinski definition) is 1. The second-order valence-electron chi connectivity index (χ2n) is 8.12. The fourth-order valence-electron chi connectivity index (χ4n) is 4.65. The smallest absolute Gasteiger partial charge is 0.165 e. The van der Waals surface area contributed by atoms with E-state index in [0.29, 0.717) is 25.7 Å². The van der Waals surface area contributed by atoms with Gasteiger partial charge in [0.1, 0.15) is 0 Å². The lowest BCUT2D eigenvalue weighted by Crippen LogP contribution is -2.49. The second-order valence-corrected chi connectivity index (χ2v) is 8.12. The first-order valence-corrected chi connectivity index (χ1v) is 10.3. The molecule has 30 heavy (non-hydrogen) atoms. The van der Waals surface area contributed by atoms with E-state index in [1.807, 2.05) is 13.0 Å². The molecule has 0 radical (unpaired) electrons. The van der Waals surface area contributed by atoms with Crippen molar-refractivity contribution in [3.05, 3.63) is 71.8 Å². The van der Waals surface area contributed by atoms with Crippen LogP contribution in [0, 0.1) is 17.5 Å². The molecular weight excluding hydrogens is 389 g/mol. The Bertz CT molecular complexity index is 1050. The summed E-state index contributed by atoms with van der Waals surface area (Å²) in [7, 11) is 0. The standard InChI is InChI=1S/C24H25F3N2O/c1-2-23(28)24(17-3-4-19(25)20(26)13-17)8-5-18(6-9-24)30-22-12-15-7-10-29-14-16(15)11-21(22)27/h3-4,7,10-14,18,23H,2,5-6,8-9,28H2,1H3/t18-,23?,24+. The summed E-state index contributed by atoms with van der Waals surface area (Å²) in [5, 5.41) is 1.58. The fourth-order valence-corrected chi connectivity index (χ4v) is 4.65. The van der Waals surface area contributed by atoms with Crippen molar-refractivity contribution in [2.45, 2.75) is 56.6 Å². The molecule has 158 valence electrons. The van der Waals surface area contributed by atoms with E-state index in [2.05, 4.69) is 4.98 Å². The fraction of sp³-hybridized carbons (Fsp3) is 0.375. The molecule has 6 heteroatoms. The molecule has 1 aliphatic rings. The summed E-state index contributed by atoms with van der Waals surface area (Å²) in [6.07, 6.45) is 6.46. The highest BCUT2D eigenvalue weighted by atomic mass is 19.2. The van der Waals surface area contributed by atoms with Crippen molar-refractivity contribution in [3.8, 4) is 5.75 Å². The Morgan fingerprint density at radius 2 is 1.80 bits per heavy atom. The third-order valence-corrected chi connectivity index (χ3v) is 6.45. The third kappa shape index (κ3) is 3.76. The highest BCUT2D eigenvalue weighted by molar-refractivity contribution is 5.83. The Balaban J connectivity index is 1.55. The molecule has 1 saturated carbocycles. The number of fused-ring (bicyclic) bond motifs is 1. The van der Waals surface area contributed by atoms with Crippen LogP contribution in [0.2, 0.25) is 0 Å². The molecule has 3 aromatic rings. The number of hydrogen-bond acceptors (Lipinski definition) is 3. The van der Waals surface area contributed by atoms with Gasteiger partial charge in [-0.05, 0) is 73.4 Å². The van der Waals surface area contributed by atoms with Gasteiger partial charge in [-0.1, -0.05) is 13.0 Å². The molecule has 0 aliphatic heterocycles. The maximum Gasteiger partial charge on any atom is 0.165 e. The van der Waals surface area contributed by atoms with Gasteiger partial charge in [-0.15, -0.1) is 0 Å². The van der Waals surface area contributed by atoms with Crippen LogP contribution >= 0.6 is 0 Å². The summed E-state index contributed by atoms with van der Waals surface area (Å²) >= 11 is 0. The van der Waals surface area contributed by atoms with E-state index in [1.165, 1.54) is 12.1 Å². The maximum absolute atomic E-state index is 14.5. The summed E-state index contributed by atoms with van der Waals surface area (Å²) in [4.78, 5) is 4.01. The van der Waals surface area contributed by atoms with E-state index in [0.717, 1.165) is 28.8 Å². The Hall–Kier alpha value is -2.60.